The topological polar surface area (TPSA) is 78.0 Å². The van der Waals surface area contributed by atoms with Crippen molar-refractivity contribution >= 4 is 22.8 Å². The highest BCUT2D eigenvalue weighted by atomic mass is 19.4. The number of nitrogens with zero attached hydrogens (tertiary/aromatic N) is 2. The summed E-state index contributed by atoms with van der Waals surface area (Å²) in [5, 5.41) is 0.291. The van der Waals surface area contributed by atoms with Gasteiger partial charge < -0.3 is 19.1 Å². The minimum absolute atomic E-state index is 0.164. The summed E-state index contributed by atoms with van der Waals surface area (Å²) in [5.41, 5.74) is 0.374. The molecule has 1 unspecified atom stereocenters. The minimum Gasteiger partial charge on any atom is -0.493 e. The number of alkyl halides is 5. The van der Waals surface area contributed by atoms with E-state index in [4.69, 9.17) is 9.47 Å². The first kappa shape index (κ1) is 26.1. The summed E-state index contributed by atoms with van der Waals surface area (Å²) in [7, 11) is 0. The first-order chi connectivity index (χ1) is 17.5. The standard InChI is InChI=1S/C25H21F5N2O5/c1-2-35-18-10-6-4-8-16(18)22(33)32-12-11-24(26,27)20(14-32)37-21-19(36-23(34)25(28,29)30)13-15-7-3-5-9-17(15)31-21/h3-10,13,20H,2,11-12,14H2,1H3. The molecule has 2 aromatic carbocycles. The Morgan fingerprint density at radius 2 is 1.78 bits per heavy atom. The van der Waals surface area contributed by atoms with Crippen molar-refractivity contribution in [1.29, 1.82) is 0 Å². The van der Waals surface area contributed by atoms with Crippen molar-refractivity contribution in [2.24, 2.45) is 0 Å². The Kier molecular flexibility index (Phi) is 7.19. The number of rotatable bonds is 6. The Labute approximate surface area is 207 Å². The molecule has 7 nitrogen and oxygen atoms in total. The molecule has 37 heavy (non-hydrogen) atoms. The number of ether oxygens (including phenoxy) is 3. The maximum Gasteiger partial charge on any atom is 0.491 e. The first-order valence-corrected chi connectivity index (χ1v) is 11.2. The van der Waals surface area contributed by atoms with Crippen LogP contribution >= 0.6 is 0 Å². The molecule has 1 aromatic heterocycles. The van der Waals surface area contributed by atoms with Crippen LogP contribution in [0.5, 0.6) is 17.4 Å². The van der Waals surface area contributed by atoms with E-state index in [9.17, 15) is 31.5 Å². The van der Waals surface area contributed by atoms with Crippen molar-refractivity contribution in [3.05, 3.63) is 60.2 Å². The highest BCUT2D eigenvalue weighted by Gasteiger charge is 2.48. The molecule has 0 N–H and O–H groups in total. The van der Waals surface area contributed by atoms with Crippen molar-refractivity contribution in [1.82, 2.24) is 9.88 Å². The summed E-state index contributed by atoms with van der Waals surface area (Å²) in [5.74, 6) is -7.83. The van der Waals surface area contributed by atoms with E-state index in [-0.39, 0.29) is 30.0 Å². The fraction of sp³-hybridized carbons (Fsp3) is 0.320. The van der Waals surface area contributed by atoms with E-state index in [1.54, 1.807) is 37.3 Å². The summed E-state index contributed by atoms with van der Waals surface area (Å²) in [4.78, 5) is 29.8. The number of carbonyl (C=O) groups is 2. The number of hydrogen-bond acceptors (Lipinski definition) is 6. The molecule has 4 rings (SSSR count). The van der Waals surface area contributed by atoms with Gasteiger partial charge in [0.05, 0.1) is 24.2 Å². The van der Waals surface area contributed by atoms with Gasteiger partial charge in [-0.25, -0.2) is 18.6 Å². The van der Waals surface area contributed by atoms with Crippen molar-refractivity contribution < 1.29 is 45.8 Å². The van der Waals surface area contributed by atoms with Crippen LogP contribution in [-0.4, -0.2) is 59.7 Å². The van der Waals surface area contributed by atoms with Crippen LogP contribution in [0.2, 0.25) is 0 Å². The zero-order valence-corrected chi connectivity index (χ0v) is 19.4. The Bertz CT molecular complexity index is 1310. The fourth-order valence-electron chi connectivity index (χ4n) is 3.80. The van der Waals surface area contributed by atoms with Crippen LogP contribution in [0.3, 0.4) is 0 Å². The van der Waals surface area contributed by atoms with Crippen molar-refractivity contribution in [3.63, 3.8) is 0 Å². The van der Waals surface area contributed by atoms with Gasteiger partial charge in [0, 0.05) is 18.4 Å². The monoisotopic (exact) mass is 524 g/mol. The number of carbonyl (C=O) groups excluding carboxylic acids is 2. The van der Waals surface area contributed by atoms with Gasteiger partial charge in [-0.2, -0.15) is 13.2 Å². The van der Waals surface area contributed by atoms with E-state index in [0.29, 0.717) is 5.39 Å². The van der Waals surface area contributed by atoms with Crippen LogP contribution in [0.25, 0.3) is 10.9 Å². The summed E-state index contributed by atoms with van der Waals surface area (Å²) in [6, 6.07) is 13.5. The maximum atomic E-state index is 14.9. The predicted molar refractivity (Wildman–Crippen MR) is 121 cm³/mol. The molecule has 0 aliphatic carbocycles. The van der Waals surface area contributed by atoms with E-state index >= 15 is 0 Å². The molecule has 1 saturated heterocycles. The molecule has 12 heteroatoms. The second-order valence-electron chi connectivity index (χ2n) is 8.17. The Hall–Kier alpha value is -3.96. The molecule has 1 amide bonds. The van der Waals surface area contributed by atoms with Gasteiger partial charge in [0.2, 0.25) is 0 Å². The second kappa shape index (κ2) is 10.2. The zero-order valence-electron chi connectivity index (χ0n) is 19.4. The molecule has 1 fully saturated rings. The molecule has 1 aliphatic rings. The SMILES string of the molecule is CCOc1ccccc1C(=O)N1CCC(F)(F)C(Oc2nc3ccccc3cc2OC(=O)C(F)(F)F)C1. The summed E-state index contributed by atoms with van der Waals surface area (Å²) in [6.45, 7) is 1.11. The molecule has 196 valence electrons. The van der Waals surface area contributed by atoms with E-state index in [1.807, 2.05) is 0 Å². The van der Waals surface area contributed by atoms with Gasteiger partial charge in [0.15, 0.2) is 11.9 Å². The average molecular weight is 524 g/mol. The van der Waals surface area contributed by atoms with E-state index in [2.05, 4.69) is 9.72 Å². The number of pyridine rings is 1. The predicted octanol–water partition coefficient (Wildman–Crippen LogP) is 5.03. The fourth-order valence-corrected chi connectivity index (χ4v) is 3.80. The minimum atomic E-state index is -5.34. The number of hydrogen-bond donors (Lipinski definition) is 0. The average Bonchev–Trinajstić information content (AvgIpc) is 2.85. The lowest BCUT2D eigenvalue weighted by Crippen LogP contribution is -2.55. The van der Waals surface area contributed by atoms with Crippen LogP contribution in [0.1, 0.15) is 23.7 Å². The number of fused-ring (bicyclic) bond motifs is 1. The van der Waals surface area contributed by atoms with Crippen molar-refractivity contribution in [3.8, 4) is 17.4 Å². The molecule has 3 aromatic rings. The summed E-state index contributed by atoms with van der Waals surface area (Å²) < 4.78 is 83.6. The molecule has 2 heterocycles. The third-order valence-corrected chi connectivity index (χ3v) is 5.62. The zero-order chi connectivity index (χ0) is 26.8. The van der Waals surface area contributed by atoms with Gasteiger partial charge in [-0.3, -0.25) is 4.79 Å². The van der Waals surface area contributed by atoms with E-state index in [1.165, 1.54) is 18.2 Å². The van der Waals surface area contributed by atoms with E-state index < -0.39 is 54.7 Å². The highest BCUT2D eigenvalue weighted by Crippen LogP contribution is 2.37. The van der Waals surface area contributed by atoms with Crippen LogP contribution in [-0.2, 0) is 4.79 Å². The van der Waals surface area contributed by atoms with Crippen molar-refractivity contribution in [2.45, 2.75) is 31.5 Å². The van der Waals surface area contributed by atoms with Gasteiger partial charge >= 0.3 is 12.1 Å². The first-order valence-electron chi connectivity index (χ1n) is 11.2. The van der Waals surface area contributed by atoms with E-state index in [0.717, 1.165) is 11.0 Å². The van der Waals surface area contributed by atoms with Gasteiger partial charge in [-0.1, -0.05) is 30.3 Å². The Morgan fingerprint density at radius 1 is 1.08 bits per heavy atom. The molecule has 1 aliphatic heterocycles. The molecule has 1 atom stereocenters. The second-order valence-corrected chi connectivity index (χ2v) is 8.17. The summed E-state index contributed by atoms with van der Waals surface area (Å²) in [6.07, 6.45) is -8.10. The normalized spacial score (nSPS) is 17.4. The van der Waals surface area contributed by atoms with Crippen LogP contribution in [0.15, 0.2) is 54.6 Å². The lowest BCUT2D eigenvalue weighted by Gasteiger charge is -2.38. The maximum absolute atomic E-state index is 14.9. The van der Waals surface area contributed by atoms with Gasteiger partial charge in [-0.05, 0) is 31.2 Å². The van der Waals surface area contributed by atoms with Crippen LogP contribution in [0.4, 0.5) is 22.0 Å². The molecule has 0 saturated carbocycles. The largest absolute Gasteiger partial charge is 0.493 e. The molecule has 0 spiro atoms. The number of benzene rings is 2. The number of halogens is 5. The van der Waals surface area contributed by atoms with Gasteiger partial charge in [0.25, 0.3) is 17.7 Å². The quantitative estimate of drug-likeness (QED) is 0.333. The van der Waals surface area contributed by atoms with Crippen LogP contribution < -0.4 is 14.2 Å². The van der Waals surface area contributed by atoms with Gasteiger partial charge in [0.1, 0.15) is 5.75 Å². The number of likely N-dealkylation sites (tertiary alicyclic amines) is 1. The third-order valence-electron chi connectivity index (χ3n) is 5.62. The highest BCUT2D eigenvalue weighted by molar-refractivity contribution is 5.97. The summed E-state index contributed by atoms with van der Waals surface area (Å²) >= 11 is 0. The van der Waals surface area contributed by atoms with Crippen LogP contribution in [0, 0.1) is 0 Å². The molecule has 0 radical (unpaired) electrons. The van der Waals surface area contributed by atoms with Crippen molar-refractivity contribution in [2.75, 3.05) is 19.7 Å². The lowest BCUT2D eigenvalue weighted by molar-refractivity contribution is -0.190. The molecular formula is C25H21F5N2O5. The molecule has 0 bridgehead atoms. The Morgan fingerprint density at radius 3 is 2.51 bits per heavy atom. The van der Waals surface area contributed by atoms with Gasteiger partial charge in [-0.15, -0.1) is 0 Å². The number of piperidine rings is 1. The lowest BCUT2D eigenvalue weighted by atomic mass is 10.0. The third kappa shape index (κ3) is 5.73. The molecular weight excluding hydrogens is 503 g/mol. The Balaban J connectivity index is 1.65. The number of amides is 1. The number of para-hydroxylation sites is 2. The smallest absolute Gasteiger partial charge is 0.491 e. The number of aromatic nitrogens is 1. The number of esters is 1.